The highest BCUT2D eigenvalue weighted by molar-refractivity contribution is 7.99. The van der Waals surface area contributed by atoms with E-state index in [0.717, 1.165) is 15.5 Å². The van der Waals surface area contributed by atoms with E-state index in [9.17, 15) is 4.79 Å². The largest absolute Gasteiger partial charge is 0.325 e. The van der Waals surface area contributed by atoms with Gasteiger partial charge in [-0.15, -0.1) is 10.2 Å². The van der Waals surface area contributed by atoms with Crippen molar-refractivity contribution < 1.29 is 0 Å². The van der Waals surface area contributed by atoms with E-state index in [1.165, 1.54) is 11.8 Å². The number of H-pyrrole nitrogens is 2. The molecule has 0 bridgehead atoms. The maximum atomic E-state index is 12.0. The molecule has 2 aromatic heterocycles. The second kappa shape index (κ2) is 5.71. The summed E-state index contributed by atoms with van der Waals surface area (Å²) in [5, 5.41) is 14.2. The van der Waals surface area contributed by atoms with Crippen LogP contribution in [0.2, 0.25) is 5.02 Å². The van der Waals surface area contributed by atoms with Crippen LogP contribution in [-0.2, 0) is 0 Å². The van der Waals surface area contributed by atoms with Gasteiger partial charge in [-0.3, -0.25) is 4.79 Å². The van der Waals surface area contributed by atoms with Crippen LogP contribution in [0.15, 0.2) is 44.9 Å². The van der Waals surface area contributed by atoms with E-state index in [-0.39, 0.29) is 11.4 Å². The maximum Gasteiger partial charge on any atom is 0.259 e. The third-order valence-electron chi connectivity index (χ3n) is 2.83. The van der Waals surface area contributed by atoms with Gasteiger partial charge in [0.05, 0.1) is 10.6 Å². The number of pyridine rings is 1. The van der Waals surface area contributed by atoms with E-state index >= 15 is 0 Å². The third kappa shape index (κ3) is 2.84. The zero-order chi connectivity index (χ0) is 14.8. The van der Waals surface area contributed by atoms with Gasteiger partial charge in [-0.1, -0.05) is 35.5 Å². The van der Waals surface area contributed by atoms with Gasteiger partial charge < -0.3 is 4.98 Å². The second-order valence-electron chi connectivity index (χ2n) is 4.27. The molecule has 21 heavy (non-hydrogen) atoms. The SMILES string of the molecule is Cc1[nH]c(=O)c(-c2nn[nH]n2)cc1Sc1ccccc1Cl. The third-order valence-corrected chi connectivity index (χ3v) is 4.50. The van der Waals surface area contributed by atoms with Crippen LogP contribution in [0.5, 0.6) is 0 Å². The number of nitrogens with one attached hydrogen (secondary N) is 2. The lowest BCUT2D eigenvalue weighted by atomic mass is 10.2. The number of tetrazole rings is 1. The van der Waals surface area contributed by atoms with Crippen LogP contribution in [0.3, 0.4) is 0 Å². The molecule has 0 fully saturated rings. The normalized spacial score (nSPS) is 10.8. The minimum absolute atomic E-state index is 0.252. The monoisotopic (exact) mass is 319 g/mol. The molecule has 106 valence electrons. The zero-order valence-corrected chi connectivity index (χ0v) is 12.5. The molecule has 0 radical (unpaired) electrons. The first-order valence-electron chi connectivity index (χ1n) is 6.05. The highest BCUT2D eigenvalue weighted by atomic mass is 35.5. The average molecular weight is 320 g/mol. The average Bonchev–Trinajstić information content (AvgIpc) is 2.98. The fourth-order valence-electron chi connectivity index (χ4n) is 1.80. The first-order chi connectivity index (χ1) is 10.1. The summed E-state index contributed by atoms with van der Waals surface area (Å²) in [6, 6.07) is 9.27. The topological polar surface area (TPSA) is 87.3 Å². The lowest BCUT2D eigenvalue weighted by Gasteiger charge is -2.08. The van der Waals surface area contributed by atoms with E-state index in [4.69, 9.17) is 11.6 Å². The molecule has 8 heteroatoms. The molecule has 0 spiro atoms. The summed E-state index contributed by atoms with van der Waals surface area (Å²) >= 11 is 7.64. The second-order valence-corrected chi connectivity index (χ2v) is 5.76. The van der Waals surface area contributed by atoms with Gasteiger partial charge in [0.15, 0.2) is 0 Å². The van der Waals surface area contributed by atoms with Gasteiger partial charge in [-0.05, 0) is 30.3 Å². The fourth-order valence-corrected chi connectivity index (χ4v) is 2.98. The van der Waals surface area contributed by atoms with Crippen LogP contribution >= 0.6 is 23.4 Å². The van der Waals surface area contributed by atoms with Crippen molar-refractivity contribution >= 4 is 23.4 Å². The number of aromatic nitrogens is 5. The number of aromatic amines is 2. The van der Waals surface area contributed by atoms with Crippen LogP contribution in [0.4, 0.5) is 0 Å². The number of aryl methyl sites for hydroxylation is 1. The quantitative estimate of drug-likeness (QED) is 0.775. The molecule has 0 atom stereocenters. The van der Waals surface area contributed by atoms with Crippen molar-refractivity contribution in [2.75, 3.05) is 0 Å². The van der Waals surface area contributed by atoms with Gasteiger partial charge in [0, 0.05) is 15.5 Å². The number of hydrogen-bond acceptors (Lipinski definition) is 5. The van der Waals surface area contributed by atoms with Crippen molar-refractivity contribution in [1.29, 1.82) is 0 Å². The van der Waals surface area contributed by atoms with Gasteiger partial charge >= 0.3 is 0 Å². The molecule has 2 N–H and O–H groups in total. The predicted molar refractivity (Wildman–Crippen MR) is 80.5 cm³/mol. The highest BCUT2D eigenvalue weighted by Crippen LogP contribution is 2.34. The summed E-state index contributed by atoms with van der Waals surface area (Å²) in [5.74, 6) is 0.261. The van der Waals surface area contributed by atoms with Crippen LogP contribution in [0.25, 0.3) is 11.4 Å². The van der Waals surface area contributed by atoms with Gasteiger partial charge in [0.1, 0.15) is 0 Å². The summed E-state index contributed by atoms with van der Waals surface area (Å²) in [6.07, 6.45) is 0. The number of benzene rings is 1. The Labute approximate surface area is 128 Å². The van der Waals surface area contributed by atoms with Crippen molar-refractivity contribution in [2.45, 2.75) is 16.7 Å². The molecule has 6 nitrogen and oxygen atoms in total. The Morgan fingerprint density at radius 3 is 2.76 bits per heavy atom. The maximum absolute atomic E-state index is 12.0. The van der Waals surface area contributed by atoms with Crippen molar-refractivity contribution in [3.63, 3.8) is 0 Å². The van der Waals surface area contributed by atoms with Crippen LogP contribution in [0.1, 0.15) is 5.69 Å². The van der Waals surface area contributed by atoms with E-state index in [1.807, 2.05) is 31.2 Å². The number of halogens is 1. The molecule has 0 aliphatic carbocycles. The number of hydrogen-bond donors (Lipinski definition) is 2. The Morgan fingerprint density at radius 1 is 1.24 bits per heavy atom. The minimum atomic E-state index is -0.252. The van der Waals surface area contributed by atoms with Crippen molar-refractivity contribution in [3.05, 3.63) is 51.4 Å². The van der Waals surface area contributed by atoms with Crippen molar-refractivity contribution in [1.82, 2.24) is 25.6 Å². The van der Waals surface area contributed by atoms with Crippen molar-refractivity contribution in [2.24, 2.45) is 0 Å². The molecule has 0 unspecified atom stereocenters. The molecule has 0 amide bonds. The first-order valence-corrected chi connectivity index (χ1v) is 7.24. The number of rotatable bonds is 3. The standard InChI is InChI=1S/C13H10ClN5OS/c1-7-11(21-10-5-3-2-4-9(10)14)6-8(13(20)15-7)12-16-18-19-17-12/h2-6H,1H3,(H,15,20)(H,16,17,18,19). The van der Waals surface area contributed by atoms with Crippen LogP contribution in [0, 0.1) is 6.92 Å². The lowest BCUT2D eigenvalue weighted by molar-refractivity contribution is 0.881. The Hall–Kier alpha value is -2.12. The summed E-state index contributed by atoms with van der Waals surface area (Å²) in [6.45, 7) is 1.83. The first kappa shape index (κ1) is 13.8. The molecule has 1 aromatic carbocycles. The summed E-state index contributed by atoms with van der Waals surface area (Å²) in [4.78, 5) is 16.6. The van der Waals surface area contributed by atoms with E-state index in [0.29, 0.717) is 10.6 Å². The lowest BCUT2D eigenvalue weighted by Crippen LogP contribution is -2.11. The minimum Gasteiger partial charge on any atom is -0.325 e. The van der Waals surface area contributed by atoms with Crippen LogP contribution < -0.4 is 5.56 Å². The van der Waals surface area contributed by atoms with Gasteiger partial charge in [-0.25, -0.2) is 0 Å². The van der Waals surface area contributed by atoms with E-state index in [2.05, 4.69) is 25.6 Å². The molecular weight excluding hydrogens is 310 g/mol. The predicted octanol–water partition coefficient (Wildman–Crippen LogP) is 2.67. The Morgan fingerprint density at radius 2 is 2.05 bits per heavy atom. The Bertz CT molecular complexity index is 831. The van der Waals surface area contributed by atoms with Gasteiger partial charge in [0.25, 0.3) is 5.56 Å². The highest BCUT2D eigenvalue weighted by Gasteiger charge is 2.13. The smallest absolute Gasteiger partial charge is 0.259 e. The molecule has 3 rings (SSSR count). The van der Waals surface area contributed by atoms with E-state index in [1.54, 1.807) is 6.07 Å². The van der Waals surface area contributed by atoms with Gasteiger partial charge in [-0.2, -0.15) is 5.21 Å². The fraction of sp³-hybridized carbons (Fsp3) is 0.0769. The molecular formula is C13H10ClN5OS. The molecule has 2 heterocycles. The van der Waals surface area contributed by atoms with Crippen molar-refractivity contribution in [3.8, 4) is 11.4 Å². The van der Waals surface area contributed by atoms with Crippen LogP contribution in [-0.4, -0.2) is 25.6 Å². The Balaban J connectivity index is 2.05. The summed E-state index contributed by atoms with van der Waals surface area (Å²) in [5.41, 5.74) is 0.874. The molecule has 3 aromatic rings. The number of nitrogens with zero attached hydrogens (tertiary/aromatic N) is 3. The van der Waals surface area contributed by atoms with E-state index < -0.39 is 0 Å². The molecule has 0 saturated heterocycles. The Kier molecular flexibility index (Phi) is 3.76. The van der Waals surface area contributed by atoms with Gasteiger partial charge in [0.2, 0.25) is 5.82 Å². The zero-order valence-electron chi connectivity index (χ0n) is 10.9. The molecule has 0 aliphatic rings. The summed E-state index contributed by atoms with van der Waals surface area (Å²) in [7, 11) is 0. The summed E-state index contributed by atoms with van der Waals surface area (Å²) < 4.78 is 0. The molecule has 0 aliphatic heterocycles. The molecule has 0 saturated carbocycles.